The highest BCUT2D eigenvalue weighted by Crippen LogP contribution is 2.25. The third kappa shape index (κ3) is 4.82. The predicted octanol–water partition coefficient (Wildman–Crippen LogP) is 1.60. The van der Waals surface area contributed by atoms with Crippen LogP contribution >= 0.6 is 0 Å². The number of benzene rings is 1. The number of hydrogen-bond donors (Lipinski definition) is 2. The second-order valence-corrected chi connectivity index (χ2v) is 5.26. The maximum Gasteiger partial charge on any atom is 0.123 e. The van der Waals surface area contributed by atoms with Crippen molar-refractivity contribution in [2.45, 2.75) is 32.4 Å². The SMILES string of the molecule is COc1ccc(C(C)C)cc1CN(C)CC(O)CO. The molecule has 1 aromatic rings. The van der Waals surface area contributed by atoms with E-state index < -0.39 is 6.10 Å². The molecule has 4 heteroatoms. The van der Waals surface area contributed by atoms with Crippen LogP contribution in [0.5, 0.6) is 5.75 Å². The Balaban J connectivity index is 2.82. The van der Waals surface area contributed by atoms with Gasteiger partial charge in [0, 0.05) is 18.7 Å². The number of aliphatic hydroxyl groups excluding tert-OH is 2. The van der Waals surface area contributed by atoms with Crippen molar-refractivity contribution in [3.63, 3.8) is 0 Å². The first kappa shape index (κ1) is 16.0. The third-order valence-electron chi connectivity index (χ3n) is 3.14. The fourth-order valence-electron chi connectivity index (χ4n) is 2.05. The molecule has 1 unspecified atom stereocenters. The zero-order chi connectivity index (χ0) is 14.4. The standard InChI is InChI=1S/C15H25NO3/c1-11(2)12-5-6-15(19-4)13(7-12)8-16(3)9-14(18)10-17/h5-7,11,14,17-18H,8-10H2,1-4H3. The quantitative estimate of drug-likeness (QED) is 0.788. The average molecular weight is 267 g/mol. The smallest absolute Gasteiger partial charge is 0.123 e. The van der Waals surface area contributed by atoms with E-state index in [9.17, 15) is 5.11 Å². The number of methoxy groups -OCH3 is 1. The van der Waals surface area contributed by atoms with E-state index >= 15 is 0 Å². The molecule has 0 spiro atoms. The highest BCUT2D eigenvalue weighted by molar-refractivity contribution is 5.38. The molecule has 108 valence electrons. The molecule has 4 nitrogen and oxygen atoms in total. The molecule has 1 atom stereocenters. The van der Waals surface area contributed by atoms with Gasteiger partial charge in [-0.25, -0.2) is 0 Å². The third-order valence-corrected chi connectivity index (χ3v) is 3.14. The minimum Gasteiger partial charge on any atom is -0.496 e. The summed E-state index contributed by atoms with van der Waals surface area (Å²) in [4.78, 5) is 1.98. The monoisotopic (exact) mass is 267 g/mol. The lowest BCUT2D eigenvalue weighted by molar-refractivity contribution is 0.0646. The number of likely N-dealkylation sites (N-methyl/N-ethyl adjacent to an activating group) is 1. The minimum absolute atomic E-state index is 0.215. The van der Waals surface area contributed by atoms with Crippen LogP contribution in [0.15, 0.2) is 18.2 Å². The molecule has 0 aromatic heterocycles. The molecule has 0 bridgehead atoms. The molecule has 0 saturated heterocycles. The molecule has 0 aliphatic rings. The molecule has 0 fully saturated rings. The summed E-state index contributed by atoms with van der Waals surface area (Å²) in [5.74, 6) is 1.33. The highest BCUT2D eigenvalue weighted by Gasteiger charge is 2.12. The largest absolute Gasteiger partial charge is 0.496 e. The summed E-state index contributed by atoms with van der Waals surface area (Å²) in [6, 6.07) is 6.21. The zero-order valence-corrected chi connectivity index (χ0v) is 12.3. The van der Waals surface area contributed by atoms with Gasteiger partial charge < -0.3 is 14.9 Å². The molecular weight excluding hydrogens is 242 g/mol. The van der Waals surface area contributed by atoms with E-state index in [1.54, 1.807) is 7.11 Å². The molecule has 0 aliphatic carbocycles. The molecular formula is C15H25NO3. The van der Waals surface area contributed by atoms with E-state index in [4.69, 9.17) is 9.84 Å². The number of rotatable bonds is 7. The van der Waals surface area contributed by atoms with Crippen LogP contribution in [0.25, 0.3) is 0 Å². The Hall–Kier alpha value is -1.10. The normalized spacial score (nSPS) is 13.1. The predicted molar refractivity (Wildman–Crippen MR) is 76.5 cm³/mol. The molecule has 1 rings (SSSR count). The Morgan fingerprint density at radius 3 is 2.53 bits per heavy atom. The molecule has 0 aliphatic heterocycles. The van der Waals surface area contributed by atoms with Gasteiger partial charge in [0.15, 0.2) is 0 Å². The van der Waals surface area contributed by atoms with Crippen LogP contribution in [0.3, 0.4) is 0 Å². The van der Waals surface area contributed by atoms with Crippen LogP contribution in [0, 0.1) is 0 Å². The first-order chi connectivity index (χ1) is 8.97. The second kappa shape index (κ2) is 7.48. The lowest BCUT2D eigenvalue weighted by Gasteiger charge is -2.21. The van der Waals surface area contributed by atoms with Crippen LogP contribution in [0.1, 0.15) is 30.9 Å². The number of aliphatic hydroxyl groups is 2. The topological polar surface area (TPSA) is 52.9 Å². The van der Waals surface area contributed by atoms with Gasteiger partial charge in [0.05, 0.1) is 19.8 Å². The Morgan fingerprint density at radius 1 is 1.32 bits per heavy atom. The van der Waals surface area contributed by atoms with Crippen LogP contribution in [0.2, 0.25) is 0 Å². The molecule has 1 aromatic carbocycles. The zero-order valence-electron chi connectivity index (χ0n) is 12.3. The molecule has 0 radical (unpaired) electrons. The van der Waals surface area contributed by atoms with Gasteiger partial charge in [0.2, 0.25) is 0 Å². The van der Waals surface area contributed by atoms with E-state index in [-0.39, 0.29) is 6.61 Å². The minimum atomic E-state index is -0.704. The Morgan fingerprint density at radius 2 is 2.00 bits per heavy atom. The number of ether oxygens (including phenoxy) is 1. The van der Waals surface area contributed by atoms with Gasteiger partial charge in [-0.15, -0.1) is 0 Å². The van der Waals surface area contributed by atoms with Gasteiger partial charge in [-0.2, -0.15) is 0 Å². The Bertz CT molecular complexity index is 393. The molecule has 19 heavy (non-hydrogen) atoms. The van der Waals surface area contributed by atoms with E-state index in [0.29, 0.717) is 19.0 Å². The van der Waals surface area contributed by atoms with E-state index in [0.717, 1.165) is 11.3 Å². The van der Waals surface area contributed by atoms with Crippen LogP contribution in [-0.4, -0.2) is 48.5 Å². The first-order valence-corrected chi connectivity index (χ1v) is 6.62. The number of nitrogens with zero attached hydrogens (tertiary/aromatic N) is 1. The van der Waals surface area contributed by atoms with Crippen molar-refractivity contribution >= 4 is 0 Å². The van der Waals surface area contributed by atoms with Crippen LogP contribution in [0.4, 0.5) is 0 Å². The summed E-state index contributed by atoms with van der Waals surface area (Å²) >= 11 is 0. The summed E-state index contributed by atoms with van der Waals surface area (Å²) < 4.78 is 5.37. The summed E-state index contributed by atoms with van der Waals surface area (Å²) in [7, 11) is 3.58. The molecule has 0 heterocycles. The summed E-state index contributed by atoms with van der Waals surface area (Å²) in [5, 5.41) is 18.3. The Kier molecular flexibility index (Phi) is 6.28. The fourth-order valence-corrected chi connectivity index (χ4v) is 2.05. The van der Waals surface area contributed by atoms with Crippen molar-refractivity contribution in [3.05, 3.63) is 29.3 Å². The van der Waals surface area contributed by atoms with Crippen molar-refractivity contribution in [2.24, 2.45) is 0 Å². The summed E-state index contributed by atoms with van der Waals surface area (Å²) in [6.07, 6.45) is -0.704. The van der Waals surface area contributed by atoms with E-state index in [1.165, 1.54) is 5.56 Å². The van der Waals surface area contributed by atoms with Crippen molar-refractivity contribution in [3.8, 4) is 5.75 Å². The van der Waals surface area contributed by atoms with Gasteiger partial charge in [-0.05, 0) is 24.6 Å². The maximum absolute atomic E-state index is 9.45. The second-order valence-electron chi connectivity index (χ2n) is 5.26. The van der Waals surface area contributed by atoms with Crippen molar-refractivity contribution in [1.29, 1.82) is 0 Å². The molecule has 0 saturated carbocycles. The van der Waals surface area contributed by atoms with Gasteiger partial charge in [0.25, 0.3) is 0 Å². The van der Waals surface area contributed by atoms with Crippen molar-refractivity contribution < 1.29 is 14.9 Å². The molecule has 2 N–H and O–H groups in total. The lowest BCUT2D eigenvalue weighted by Crippen LogP contribution is -2.31. The van der Waals surface area contributed by atoms with Crippen molar-refractivity contribution in [1.82, 2.24) is 4.90 Å². The first-order valence-electron chi connectivity index (χ1n) is 6.62. The Labute approximate surface area is 115 Å². The number of hydrogen-bond acceptors (Lipinski definition) is 4. The van der Waals surface area contributed by atoms with E-state index in [1.807, 2.05) is 18.0 Å². The van der Waals surface area contributed by atoms with Gasteiger partial charge in [-0.1, -0.05) is 26.0 Å². The van der Waals surface area contributed by atoms with E-state index in [2.05, 4.69) is 26.0 Å². The highest BCUT2D eigenvalue weighted by atomic mass is 16.5. The van der Waals surface area contributed by atoms with Crippen LogP contribution in [-0.2, 0) is 6.54 Å². The summed E-state index contributed by atoms with van der Waals surface area (Å²) in [5.41, 5.74) is 2.37. The maximum atomic E-state index is 9.45. The average Bonchev–Trinajstić information content (AvgIpc) is 2.38. The fraction of sp³-hybridized carbons (Fsp3) is 0.600. The van der Waals surface area contributed by atoms with Crippen LogP contribution < -0.4 is 4.74 Å². The molecule has 0 amide bonds. The summed E-state index contributed by atoms with van der Waals surface area (Å²) in [6.45, 7) is 5.22. The lowest BCUT2D eigenvalue weighted by atomic mass is 10.00. The van der Waals surface area contributed by atoms with Gasteiger partial charge in [-0.3, -0.25) is 4.90 Å². The van der Waals surface area contributed by atoms with Crippen molar-refractivity contribution in [2.75, 3.05) is 27.3 Å². The van der Waals surface area contributed by atoms with Gasteiger partial charge in [0.1, 0.15) is 5.75 Å². The van der Waals surface area contributed by atoms with Gasteiger partial charge >= 0.3 is 0 Å².